The third-order valence-electron chi connectivity index (χ3n) is 3.38. The van der Waals surface area contributed by atoms with Gasteiger partial charge < -0.3 is 11.1 Å². The molecule has 1 unspecified atom stereocenters. The highest BCUT2D eigenvalue weighted by atomic mass is 32.1. The Bertz CT molecular complexity index is 314. The van der Waals surface area contributed by atoms with E-state index in [4.69, 9.17) is 18.0 Å². The summed E-state index contributed by atoms with van der Waals surface area (Å²) >= 11 is 5.10. The fraction of sp³-hybridized carbons (Fsp3) is 0.846. The van der Waals surface area contributed by atoms with E-state index in [0.717, 1.165) is 32.6 Å². The molecule has 1 fully saturated rings. The second-order valence-corrected chi connectivity index (χ2v) is 5.83. The van der Waals surface area contributed by atoms with Gasteiger partial charge in [-0.25, -0.2) is 0 Å². The lowest BCUT2D eigenvalue weighted by Gasteiger charge is -2.38. The highest BCUT2D eigenvalue weighted by molar-refractivity contribution is 7.80. The first-order valence-electron chi connectivity index (χ1n) is 6.99. The summed E-state index contributed by atoms with van der Waals surface area (Å²) in [4.78, 5) is 16.8. The molecule has 0 bridgehead atoms. The Morgan fingerprint density at radius 2 is 1.89 bits per heavy atom. The summed E-state index contributed by atoms with van der Waals surface area (Å²) in [6.07, 6.45) is 0.948. The molecule has 3 N–H and O–H groups in total. The number of nitrogens with one attached hydrogen (secondary N) is 1. The van der Waals surface area contributed by atoms with Gasteiger partial charge in [-0.3, -0.25) is 14.6 Å². The first kappa shape index (κ1) is 16.3. The van der Waals surface area contributed by atoms with Gasteiger partial charge >= 0.3 is 0 Å². The van der Waals surface area contributed by atoms with Gasteiger partial charge in [-0.2, -0.15) is 0 Å². The van der Waals surface area contributed by atoms with Crippen molar-refractivity contribution in [1.29, 1.82) is 0 Å². The predicted molar refractivity (Wildman–Crippen MR) is 82.2 cm³/mol. The summed E-state index contributed by atoms with van der Waals surface area (Å²) in [5, 5.41) is 2.92. The number of thiocarbonyl (C=S) groups is 1. The quantitative estimate of drug-likeness (QED) is 0.683. The van der Waals surface area contributed by atoms with Crippen molar-refractivity contribution < 1.29 is 4.79 Å². The van der Waals surface area contributed by atoms with E-state index in [2.05, 4.69) is 22.0 Å². The van der Waals surface area contributed by atoms with Gasteiger partial charge in [0.05, 0.1) is 17.6 Å². The van der Waals surface area contributed by atoms with Crippen LogP contribution in [0.2, 0.25) is 0 Å². The molecule has 1 rings (SSSR count). The van der Waals surface area contributed by atoms with Gasteiger partial charge in [0.1, 0.15) is 0 Å². The van der Waals surface area contributed by atoms with Gasteiger partial charge in [-0.1, -0.05) is 19.1 Å². The number of rotatable bonds is 6. The minimum absolute atomic E-state index is 0.102. The summed E-state index contributed by atoms with van der Waals surface area (Å²) < 4.78 is 0. The van der Waals surface area contributed by atoms with Gasteiger partial charge in [0.2, 0.25) is 5.91 Å². The molecule has 0 aromatic rings. The lowest BCUT2D eigenvalue weighted by molar-refractivity contribution is -0.123. The smallest absolute Gasteiger partial charge is 0.234 e. The highest BCUT2D eigenvalue weighted by Crippen LogP contribution is 2.09. The molecular weight excluding hydrogens is 260 g/mol. The van der Waals surface area contributed by atoms with Crippen LogP contribution in [0.5, 0.6) is 0 Å². The fourth-order valence-corrected chi connectivity index (χ4v) is 2.76. The van der Waals surface area contributed by atoms with E-state index in [9.17, 15) is 4.79 Å². The molecule has 19 heavy (non-hydrogen) atoms. The number of piperazine rings is 1. The lowest BCUT2D eigenvalue weighted by Crippen LogP contribution is -2.55. The van der Waals surface area contributed by atoms with Crippen molar-refractivity contribution in [2.45, 2.75) is 39.3 Å². The molecule has 0 aromatic carbocycles. The van der Waals surface area contributed by atoms with Crippen LogP contribution in [0, 0.1) is 0 Å². The fourth-order valence-electron chi connectivity index (χ4n) is 2.44. The van der Waals surface area contributed by atoms with Crippen LogP contribution in [0.3, 0.4) is 0 Å². The Balaban J connectivity index is 2.36. The molecule has 5 nitrogen and oxygen atoms in total. The number of carbonyl (C=O) groups is 1. The Hall–Kier alpha value is -0.720. The van der Waals surface area contributed by atoms with E-state index in [1.807, 2.05) is 13.8 Å². The van der Waals surface area contributed by atoms with Crippen LogP contribution >= 0.6 is 12.2 Å². The van der Waals surface area contributed by atoms with E-state index in [0.29, 0.717) is 11.5 Å². The van der Waals surface area contributed by atoms with Crippen LogP contribution < -0.4 is 11.1 Å². The molecule has 1 aliphatic rings. The van der Waals surface area contributed by atoms with Gasteiger partial charge in [-0.15, -0.1) is 0 Å². The molecule has 1 saturated heterocycles. The zero-order valence-corrected chi connectivity index (χ0v) is 13.0. The van der Waals surface area contributed by atoms with E-state index in [-0.39, 0.29) is 18.0 Å². The van der Waals surface area contributed by atoms with Crippen molar-refractivity contribution in [1.82, 2.24) is 15.1 Å². The van der Waals surface area contributed by atoms with Crippen molar-refractivity contribution >= 4 is 23.1 Å². The molecule has 1 atom stereocenters. The van der Waals surface area contributed by atoms with Crippen LogP contribution in [-0.4, -0.2) is 65.5 Å². The first-order chi connectivity index (χ1) is 8.93. The highest BCUT2D eigenvalue weighted by Gasteiger charge is 2.25. The zero-order chi connectivity index (χ0) is 14.4. The molecule has 1 amide bonds. The topological polar surface area (TPSA) is 61.6 Å². The van der Waals surface area contributed by atoms with Crippen LogP contribution in [0.1, 0.15) is 27.2 Å². The van der Waals surface area contributed by atoms with E-state index >= 15 is 0 Å². The van der Waals surface area contributed by atoms with Gasteiger partial charge in [0.15, 0.2) is 0 Å². The third-order valence-corrected chi connectivity index (χ3v) is 3.65. The summed E-state index contributed by atoms with van der Waals surface area (Å²) in [6.45, 7) is 10.2. The van der Waals surface area contributed by atoms with Crippen LogP contribution in [0.4, 0.5) is 0 Å². The van der Waals surface area contributed by atoms with Crippen LogP contribution in [0.25, 0.3) is 0 Å². The Labute approximate surface area is 121 Å². The molecule has 0 radical (unpaired) electrons. The molecule has 0 saturated carbocycles. The van der Waals surface area contributed by atoms with Gasteiger partial charge in [0, 0.05) is 32.2 Å². The second kappa shape index (κ2) is 7.77. The lowest BCUT2D eigenvalue weighted by atomic mass is 10.1. The Morgan fingerprint density at radius 3 is 2.32 bits per heavy atom. The number of hydrogen-bond acceptors (Lipinski definition) is 4. The summed E-state index contributed by atoms with van der Waals surface area (Å²) in [5.74, 6) is 0.102. The molecule has 1 heterocycles. The summed E-state index contributed by atoms with van der Waals surface area (Å²) in [5.41, 5.74) is 5.76. The van der Waals surface area contributed by atoms with Crippen molar-refractivity contribution in [2.75, 3.05) is 32.7 Å². The van der Waals surface area contributed by atoms with Crippen LogP contribution in [-0.2, 0) is 4.79 Å². The minimum atomic E-state index is 0.102. The van der Waals surface area contributed by atoms with Crippen molar-refractivity contribution in [3.63, 3.8) is 0 Å². The normalized spacial score (nSPS) is 19.4. The standard InChI is InChI=1S/C13H26N4OS/c1-4-11(13(14)19)17-7-5-16(6-8-17)9-12(18)15-10(2)3/h10-11H,4-9H2,1-3H3,(H2,14,19)(H,15,18). The number of carbonyl (C=O) groups excluding carboxylic acids is 1. The van der Waals surface area contributed by atoms with Crippen molar-refractivity contribution in [3.05, 3.63) is 0 Å². The molecule has 0 aromatic heterocycles. The molecule has 1 aliphatic heterocycles. The average Bonchev–Trinajstić information content (AvgIpc) is 2.30. The minimum Gasteiger partial charge on any atom is -0.392 e. The molecule has 0 spiro atoms. The van der Waals surface area contributed by atoms with Crippen molar-refractivity contribution in [2.24, 2.45) is 5.73 Å². The maximum atomic E-state index is 11.7. The van der Waals surface area contributed by atoms with Gasteiger partial charge in [0.25, 0.3) is 0 Å². The molecule has 0 aliphatic carbocycles. The van der Waals surface area contributed by atoms with Crippen molar-refractivity contribution in [3.8, 4) is 0 Å². The average molecular weight is 286 g/mol. The third kappa shape index (κ3) is 5.42. The Kier molecular flexibility index (Phi) is 6.68. The zero-order valence-electron chi connectivity index (χ0n) is 12.2. The second-order valence-electron chi connectivity index (χ2n) is 5.36. The van der Waals surface area contributed by atoms with Gasteiger partial charge in [-0.05, 0) is 20.3 Å². The molecular formula is C13H26N4OS. The molecule has 6 heteroatoms. The predicted octanol–water partition coefficient (Wildman–Crippen LogP) is 0.193. The SMILES string of the molecule is CCC(C(N)=S)N1CCN(CC(=O)NC(C)C)CC1. The maximum absolute atomic E-state index is 11.7. The number of nitrogens with two attached hydrogens (primary N) is 1. The first-order valence-corrected chi connectivity index (χ1v) is 7.40. The van der Waals surface area contributed by atoms with E-state index in [1.165, 1.54) is 0 Å². The number of hydrogen-bond donors (Lipinski definition) is 2. The summed E-state index contributed by atoms with van der Waals surface area (Å²) in [6, 6.07) is 0.398. The summed E-state index contributed by atoms with van der Waals surface area (Å²) in [7, 11) is 0. The molecule has 110 valence electrons. The maximum Gasteiger partial charge on any atom is 0.234 e. The van der Waals surface area contributed by atoms with Crippen LogP contribution in [0.15, 0.2) is 0 Å². The van der Waals surface area contributed by atoms with E-state index in [1.54, 1.807) is 0 Å². The number of nitrogens with zero attached hydrogens (tertiary/aromatic N) is 2. The largest absolute Gasteiger partial charge is 0.392 e. The number of amides is 1. The monoisotopic (exact) mass is 286 g/mol. The van der Waals surface area contributed by atoms with E-state index < -0.39 is 0 Å². The Morgan fingerprint density at radius 1 is 1.32 bits per heavy atom.